The van der Waals surface area contributed by atoms with Gasteiger partial charge in [0.1, 0.15) is 17.3 Å². The Hall–Kier alpha value is -2.91. The summed E-state index contributed by atoms with van der Waals surface area (Å²) in [5.41, 5.74) is 1.16. The molecule has 1 N–H and O–H groups in total. The van der Waals surface area contributed by atoms with Crippen LogP contribution in [-0.2, 0) is 9.47 Å². The second-order valence-corrected chi connectivity index (χ2v) is 7.28. The highest BCUT2D eigenvalue weighted by Gasteiger charge is 2.41. The molecule has 0 radical (unpaired) electrons. The lowest BCUT2D eigenvalue weighted by atomic mass is 10.0. The zero-order valence-electron chi connectivity index (χ0n) is 16.1. The van der Waals surface area contributed by atoms with Crippen LogP contribution in [-0.4, -0.2) is 59.7 Å². The van der Waals surface area contributed by atoms with Crippen LogP contribution in [0.3, 0.4) is 0 Å². The Balaban J connectivity index is 1.31. The van der Waals surface area contributed by atoms with Gasteiger partial charge >= 0.3 is 0 Å². The van der Waals surface area contributed by atoms with Crippen LogP contribution in [0, 0.1) is 6.92 Å². The first-order chi connectivity index (χ1) is 14.1. The summed E-state index contributed by atoms with van der Waals surface area (Å²) in [5.74, 6) is 1.84. The number of nitrogens with one attached hydrogen (secondary N) is 1. The van der Waals surface area contributed by atoms with Gasteiger partial charge in [-0.05, 0) is 19.1 Å². The monoisotopic (exact) mass is 398 g/mol. The standard InChI is InChI=1S/C20H22N4O5/c1-13-21-15(19(25)24-6-4-20(5-7-24)28-8-9-29-20)11-18(22-13)23-14-2-3-16-17(10-14)27-12-26-16/h2-3,10-11H,4-9,12H2,1H3,(H,21,22,23). The van der Waals surface area contributed by atoms with Crippen LogP contribution in [0.2, 0.25) is 0 Å². The average Bonchev–Trinajstić information content (AvgIpc) is 3.37. The zero-order valence-corrected chi connectivity index (χ0v) is 16.1. The Morgan fingerprint density at radius 1 is 1.07 bits per heavy atom. The van der Waals surface area contributed by atoms with Gasteiger partial charge in [0.2, 0.25) is 6.79 Å². The van der Waals surface area contributed by atoms with Gasteiger partial charge in [0.15, 0.2) is 17.3 Å². The van der Waals surface area contributed by atoms with Crippen molar-refractivity contribution in [3.05, 3.63) is 35.8 Å². The molecule has 0 aliphatic carbocycles. The minimum atomic E-state index is -0.509. The van der Waals surface area contributed by atoms with E-state index in [4.69, 9.17) is 18.9 Å². The van der Waals surface area contributed by atoms with Crippen LogP contribution in [0.15, 0.2) is 24.3 Å². The van der Waals surface area contributed by atoms with Gasteiger partial charge in [-0.2, -0.15) is 0 Å². The van der Waals surface area contributed by atoms with E-state index in [0.29, 0.717) is 68.0 Å². The van der Waals surface area contributed by atoms with Gasteiger partial charge in [0, 0.05) is 43.8 Å². The van der Waals surface area contributed by atoms with E-state index in [1.807, 2.05) is 18.2 Å². The third-order valence-corrected chi connectivity index (χ3v) is 5.33. The average molecular weight is 398 g/mol. The Morgan fingerprint density at radius 2 is 1.83 bits per heavy atom. The van der Waals surface area contributed by atoms with E-state index in [1.54, 1.807) is 17.9 Å². The number of carbonyl (C=O) groups is 1. The molecule has 3 aliphatic rings. The number of hydrogen-bond donors (Lipinski definition) is 1. The third-order valence-electron chi connectivity index (χ3n) is 5.33. The van der Waals surface area contributed by atoms with E-state index in [-0.39, 0.29) is 12.7 Å². The van der Waals surface area contributed by atoms with Crippen molar-refractivity contribution in [1.29, 1.82) is 0 Å². The molecule has 1 aromatic carbocycles. The van der Waals surface area contributed by atoms with Gasteiger partial charge < -0.3 is 29.2 Å². The molecule has 9 nitrogen and oxygen atoms in total. The molecule has 2 saturated heterocycles. The Morgan fingerprint density at radius 3 is 2.62 bits per heavy atom. The second-order valence-electron chi connectivity index (χ2n) is 7.28. The van der Waals surface area contributed by atoms with Crippen molar-refractivity contribution in [2.75, 3.05) is 38.4 Å². The molecular formula is C20H22N4O5. The summed E-state index contributed by atoms with van der Waals surface area (Å²) in [4.78, 5) is 23.5. The van der Waals surface area contributed by atoms with E-state index in [0.717, 1.165) is 5.69 Å². The van der Waals surface area contributed by atoms with Crippen molar-refractivity contribution in [3.63, 3.8) is 0 Å². The summed E-state index contributed by atoms with van der Waals surface area (Å²) in [6.07, 6.45) is 1.34. The molecule has 152 valence electrons. The van der Waals surface area contributed by atoms with E-state index in [9.17, 15) is 4.79 Å². The molecule has 9 heteroatoms. The van der Waals surface area contributed by atoms with E-state index in [2.05, 4.69) is 15.3 Å². The molecule has 4 heterocycles. The molecule has 0 saturated carbocycles. The van der Waals surface area contributed by atoms with Gasteiger partial charge in [0.25, 0.3) is 5.91 Å². The first-order valence-corrected chi connectivity index (χ1v) is 9.70. The fraction of sp³-hybridized carbons (Fsp3) is 0.450. The van der Waals surface area contributed by atoms with Crippen molar-refractivity contribution < 1.29 is 23.7 Å². The highest BCUT2D eigenvalue weighted by atomic mass is 16.7. The SMILES string of the molecule is Cc1nc(Nc2ccc3c(c2)OCO3)cc(C(=O)N2CCC3(CC2)OCCO3)n1. The van der Waals surface area contributed by atoms with Crippen molar-refractivity contribution in [1.82, 2.24) is 14.9 Å². The van der Waals surface area contributed by atoms with Gasteiger partial charge in [-0.25, -0.2) is 9.97 Å². The number of rotatable bonds is 3. The minimum Gasteiger partial charge on any atom is -0.454 e. The van der Waals surface area contributed by atoms with Crippen LogP contribution in [0.4, 0.5) is 11.5 Å². The van der Waals surface area contributed by atoms with Crippen molar-refractivity contribution in [3.8, 4) is 11.5 Å². The van der Waals surface area contributed by atoms with Gasteiger partial charge in [-0.1, -0.05) is 0 Å². The highest BCUT2D eigenvalue weighted by molar-refractivity contribution is 5.93. The van der Waals surface area contributed by atoms with Crippen molar-refractivity contribution in [2.45, 2.75) is 25.6 Å². The summed E-state index contributed by atoms with van der Waals surface area (Å²) in [7, 11) is 0. The van der Waals surface area contributed by atoms with Crippen molar-refractivity contribution >= 4 is 17.4 Å². The molecule has 3 aliphatic heterocycles. The Labute approximate surface area is 167 Å². The maximum absolute atomic E-state index is 13.0. The van der Waals surface area contributed by atoms with E-state index in [1.165, 1.54) is 0 Å². The maximum atomic E-state index is 13.0. The van der Waals surface area contributed by atoms with Crippen LogP contribution < -0.4 is 14.8 Å². The molecule has 0 unspecified atom stereocenters. The topological polar surface area (TPSA) is 95.0 Å². The number of ether oxygens (including phenoxy) is 4. The summed E-state index contributed by atoms with van der Waals surface area (Å²) >= 11 is 0. The van der Waals surface area contributed by atoms with Crippen LogP contribution >= 0.6 is 0 Å². The molecule has 1 aromatic heterocycles. The summed E-state index contributed by atoms with van der Waals surface area (Å²) in [6, 6.07) is 7.22. The molecule has 2 aromatic rings. The largest absolute Gasteiger partial charge is 0.454 e. The Bertz CT molecular complexity index is 934. The first kappa shape index (κ1) is 18.1. The summed E-state index contributed by atoms with van der Waals surface area (Å²) < 4.78 is 22.2. The quantitative estimate of drug-likeness (QED) is 0.841. The number of amides is 1. The van der Waals surface area contributed by atoms with Crippen LogP contribution in [0.25, 0.3) is 0 Å². The number of piperidine rings is 1. The van der Waals surface area contributed by atoms with E-state index < -0.39 is 5.79 Å². The molecule has 0 bridgehead atoms. The predicted molar refractivity (Wildman–Crippen MR) is 102 cm³/mol. The molecule has 29 heavy (non-hydrogen) atoms. The third kappa shape index (κ3) is 3.58. The normalized spacial score (nSPS) is 19.6. The van der Waals surface area contributed by atoms with Crippen molar-refractivity contribution in [2.24, 2.45) is 0 Å². The molecule has 1 amide bonds. The van der Waals surface area contributed by atoms with Gasteiger partial charge in [0.05, 0.1) is 13.2 Å². The number of benzene rings is 1. The minimum absolute atomic E-state index is 0.114. The lowest BCUT2D eigenvalue weighted by molar-refractivity contribution is -0.181. The molecule has 5 rings (SSSR count). The lowest BCUT2D eigenvalue weighted by Gasteiger charge is -2.37. The van der Waals surface area contributed by atoms with Crippen LogP contribution in [0.5, 0.6) is 11.5 Å². The lowest BCUT2D eigenvalue weighted by Crippen LogP contribution is -2.47. The molecule has 1 spiro atoms. The zero-order chi connectivity index (χ0) is 19.8. The smallest absolute Gasteiger partial charge is 0.272 e. The summed E-state index contributed by atoms with van der Waals surface area (Å²) in [6.45, 7) is 4.38. The van der Waals surface area contributed by atoms with E-state index >= 15 is 0 Å². The fourth-order valence-corrected chi connectivity index (χ4v) is 3.86. The number of nitrogens with zero attached hydrogens (tertiary/aromatic N) is 3. The number of aromatic nitrogens is 2. The molecule has 0 atom stereocenters. The predicted octanol–water partition coefficient (Wildman–Crippen LogP) is 2.24. The number of carbonyl (C=O) groups excluding carboxylic acids is 1. The number of aryl methyl sites for hydroxylation is 1. The first-order valence-electron chi connectivity index (χ1n) is 9.70. The highest BCUT2D eigenvalue weighted by Crippen LogP contribution is 2.35. The number of anilines is 2. The fourth-order valence-electron chi connectivity index (χ4n) is 3.86. The molecule has 2 fully saturated rings. The Kier molecular flexibility index (Phi) is 4.48. The van der Waals surface area contributed by atoms with Gasteiger partial charge in [-0.15, -0.1) is 0 Å². The van der Waals surface area contributed by atoms with Gasteiger partial charge in [-0.3, -0.25) is 4.79 Å². The second kappa shape index (κ2) is 7.16. The number of fused-ring (bicyclic) bond motifs is 1. The number of likely N-dealkylation sites (tertiary alicyclic amines) is 1. The van der Waals surface area contributed by atoms with Crippen LogP contribution in [0.1, 0.15) is 29.2 Å². The maximum Gasteiger partial charge on any atom is 0.272 e. The number of hydrogen-bond acceptors (Lipinski definition) is 8. The summed E-state index contributed by atoms with van der Waals surface area (Å²) in [5, 5.41) is 3.21. The molecular weight excluding hydrogens is 376 g/mol.